The molecule has 18 nitrogen and oxygen atoms in total. The number of ether oxygens (including phenoxy) is 7. The number of unbranched alkanes of at least 4 members (excludes halogenated alkanes) is 1. The van der Waals surface area contributed by atoms with Gasteiger partial charge < -0.3 is 90.0 Å². The second-order valence-corrected chi connectivity index (χ2v) is 12.6. The van der Waals surface area contributed by atoms with Gasteiger partial charge in [0.2, 0.25) is 0 Å². The number of aliphatic hydroxyl groups is 10. The molecule has 0 aromatic rings. The second kappa shape index (κ2) is 19.7. The van der Waals surface area contributed by atoms with E-state index < -0.39 is 112 Å². The summed E-state index contributed by atoms with van der Waals surface area (Å²) in [5, 5.41) is 101. The maximum Gasteiger partial charge on any atom is 0.187 e. The minimum Gasteiger partial charge on any atom is -0.394 e. The van der Waals surface area contributed by atoms with Crippen LogP contribution in [0.5, 0.6) is 0 Å². The standard InChI is InChI=1S/C27H51NO17S/c1-39-25-21(37)18(34)23(14(9-30)43-25)40-5-3-2-4-12(28)11-46-7-6-41-26-22(38)19(35)24(15(10-31)44-26)45-27-20(36)17(33)16(32)13(8-29)42-27/h12-27,29-38H,2-11,28H2,1H3/t12-,13-,14-,15-,16-,17+,18-,19-,20-,21-,22-,23-,24-,25+,26+,27-/m1/s1. The van der Waals surface area contributed by atoms with Gasteiger partial charge in [-0.1, -0.05) is 0 Å². The molecule has 0 saturated carbocycles. The Hall–Kier alpha value is -0.370. The van der Waals surface area contributed by atoms with Crippen LogP contribution in [0.3, 0.4) is 0 Å². The van der Waals surface area contributed by atoms with E-state index in [9.17, 15) is 51.1 Å². The molecule has 0 spiro atoms. The fourth-order valence-electron chi connectivity index (χ4n) is 5.42. The van der Waals surface area contributed by atoms with Gasteiger partial charge in [-0.15, -0.1) is 0 Å². The molecule has 3 rings (SSSR count). The molecule has 0 aliphatic carbocycles. The Balaban J connectivity index is 1.32. The molecular formula is C27H51NO17S. The van der Waals surface area contributed by atoms with Crippen molar-refractivity contribution in [3.8, 4) is 0 Å². The summed E-state index contributed by atoms with van der Waals surface area (Å²) in [5.74, 6) is 1.07. The predicted octanol–water partition coefficient (Wildman–Crippen LogP) is -5.67. The van der Waals surface area contributed by atoms with Crippen LogP contribution in [0.2, 0.25) is 0 Å². The minimum atomic E-state index is -1.75. The fourth-order valence-corrected chi connectivity index (χ4v) is 6.27. The van der Waals surface area contributed by atoms with Gasteiger partial charge in [0.25, 0.3) is 0 Å². The maximum absolute atomic E-state index is 10.7. The molecule has 3 fully saturated rings. The molecule has 0 amide bonds. The lowest BCUT2D eigenvalue weighted by Crippen LogP contribution is -2.64. The molecular weight excluding hydrogens is 642 g/mol. The molecule has 46 heavy (non-hydrogen) atoms. The summed E-state index contributed by atoms with van der Waals surface area (Å²) >= 11 is 1.50. The van der Waals surface area contributed by atoms with Crippen molar-refractivity contribution in [3.05, 3.63) is 0 Å². The van der Waals surface area contributed by atoms with Crippen molar-refractivity contribution < 1.29 is 84.2 Å². The van der Waals surface area contributed by atoms with Crippen LogP contribution in [-0.2, 0) is 33.2 Å². The summed E-state index contributed by atoms with van der Waals surface area (Å²) in [6.07, 6.45) is -18.5. The van der Waals surface area contributed by atoms with Gasteiger partial charge in [-0.25, -0.2) is 0 Å². The van der Waals surface area contributed by atoms with Crippen LogP contribution in [-0.4, -0.2) is 201 Å². The van der Waals surface area contributed by atoms with E-state index in [-0.39, 0.29) is 19.3 Å². The highest BCUT2D eigenvalue weighted by Gasteiger charge is 2.51. The first-order chi connectivity index (χ1) is 22.0. The summed E-state index contributed by atoms with van der Waals surface area (Å²) in [6.45, 7) is -1.38. The van der Waals surface area contributed by atoms with E-state index in [4.69, 9.17) is 38.9 Å². The first-order valence-electron chi connectivity index (χ1n) is 15.3. The summed E-state index contributed by atoms with van der Waals surface area (Å²) in [5.41, 5.74) is 6.20. The number of methoxy groups -OCH3 is 1. The van der Waals surface area contributed by atoms with Gasteiger partial charge in [0.15, 0.2) is 18.9 Å². The van der Waals surface area contributed by atoms with Crippen molar-refractivity contribution >= 4 is 11.8 Å². The maximum atomic E-state index is 10.7. The molecule has 3 saturated heterocycles. The average Bonchev–Trinajstić information content (AvgIpc) is 3.05. The molecule has 12 N–H and O–H groups in total. The third kappa shape index (κ3) is 10.3. The number of hydrogen-bond acceptors (Lipinski definition) is 19. The molecule has 0 unspecified atom stereocenters. The smallest absolute Gasteiger partial charge is 0.187 e. The molecule has 3 aliphatic heterocycles. The van der Waals surface area contributed by atoms with Crippen molar-refractivity contribution in [2.75, 3.05) is 51.6 Å². The Morgan fingerprint density at radius 1 is 0.630 bits per heavy atom. The van der Waals surface area contributed by atoms with Crippen LogP contribution >= 0.6 is 11.8 Å². The van der Waals surface area contributed by atoms with Gasteiger partial charge in [0.1, 0.15) is 73.2 Å². The zero-order valence-electron chi connectivity index (χ0n) is 25.6. The van der Waals surface area contributed by atoms with Crippen molar-refractivity contribution in [2.24, 2.45) is 5.73 Å². The highest BCUT2D eigenvalue weighted by molar-refractivity contribution is 7.99. The van der Waals surface area contributed by atoms with Crippen molar-refractivity contribution in [1.29, 1.82) is 0 Å². The van der Waals surface area contributed by atoms with Crippen LogP contribution < -0.4 is 5.73 Å². The summed E-state index contributed by atoms with van der Waals surface area (Å²) < 4.78 is 38.1. The lowest BCUT2D eigenvalue weighted by molar-refractivity contribution is -0.359. The Kier molecular flexibility index (Phi) is 17.2. The zero-order chi connectivity index (χ0) is 34.0. The van der Waals surface area contributed by atoms with Crippen LogP contribution in [0, 0.1) is 0 Å². The first kappa shape index (κ1) is 40.1. The van der Waals surface area contributed by atoms with E-state index >= 15 is 0 Å². The zero-order valence-corrected chi connectivity index (χ0v) is 26.4. The second-order valence-electron chi connectivity index (χ2n) is 11.5. The van der Waals surface area contributed by atoms with E-state index in [0.717, 1.165) is 6.42 Å². The van der Waals surface area contributed by atoms with Crippen LogP contribution in [0.25, 0.3) is 0 Å². The van der Waals surface area contributed by atoms with E-state index in [0.29, 0.717) is 24.3 Å². The number of thioether (sulfide) groups is 1. The summed E-state index contributed by atoms with van der Waals surface area (Å²) in [7, 11) is 1.32. The van der Waals surface area contributed by atoms with Gasteiger partial charge in [0.05, 0.1) is 26.4 Å². The highest BCUT2D eigenvalue weighted by atomic mass is 32.2. The molecule has 19 heteroatoms. The molecule has 0 radical (unpaired) electrons. The SMILES string of the molecule is CO[C@H]1O[C@H](CO)[C@@H](OCCCC[C@@H](N)CSCCO[C@H]2O[C@H](CO)[C@@H](O[C@H]3O[C@H](CO)[C@@H](O)[C@H](O)[C@H]3O)[C@H](O)[C@H]2O)[C@H](O)[C@H]1O. The normalized spacial score (nSPS) is 42.7. The molecule has 0 bridgehead atoms. The molecule has 3 aliphatic rings. The van der Waals surface area contributed by atoms with Gasteiger partial charge >= 0.3 is 0 Å². The first-order valence-corrected chi connectivity index (χ1v) is 16.4. The van der Waals surface area contributed by atoms with E-state index in [2.05, 4.69) is 0 Å². The van der Waals surface area contributed by atoms with Crippen LogP contribution in [0.15, 0.2) is 0 Å². The van der Waals surface area contributed by atoms with Crippen molar-refractivity contribution in [3.63, 3.8) is 0 Å². The monoisotopic (exact) mass is 693 g/mol. The van der Waals surface area contributed by atoms with E-state index in [1.165, 1.54) is 18.9 Å². The number of nitrogens with two attached hydrogens (primary N) is 1. The minimum absolute atomic E-state index is 0.115. The molecule has 3 heterocycles. The average molecular weight is 694 g/mol. The lowest BCUT2D eigenvalue weighted by atomic mass is 9.97. The van der Waals surface area contributed by atoms with E-state index in [1.807, 2.05) is 0 Å². The summed E-state index contributed by atoms with van der Waals surface area (Å²) in [6, 6.07) is -0.138. The van der Waals surface area contributed by atoms with Gasteiger partial charge in [-0.3, -0.25) is 0 Å². The third-order valence-electron chi connectivity index (χ3n) is 8.13. The molecule has 272 valence electrons. The van der Waals surface area contributed by atoms with Crippen molar-refractivity contribution in [1.82, 2.24) is 0 Å². The largest absolute Gasteiger partial charge is 0.394 e. The lowest BCUT2D eigenvalue weighted by Gasteiger charge is -2.45. The predicted molar refractivity (Wildman–Crippen MR) is 156 cm³/mol. The van der Waals surface area contributed by atoms with Crippen LogP contribution in [0.1, 0.15) is 19.3 Å². The molecule has 0 aromatic heterocycles. The highest BCUT2D eigenvalue weighted by Crippen LogP contribution is 2.30. The van der Waals surface area contributed by atoms with Crippen LogP contribution in [0.4, 0.5) is 0 Å². The topological polar surface area (TPSA) is 293 Å². The fraction of sp³-hybridized carbons (Fsp3) is 1.00. The quantitative estimate of drug-likeness (QED) is 0.0596. The van der Waals surface area contributed by atoms with Gasteiger partial charge in [-0.05, 0) is 19.3 Å². The van der Waals surface area contributed by atoms with E-state index in [1.54, 1.807) is 0 Å². The number of aliphatic hydroxyl groups excluding tert-OH is 10. The Bertz CT molecular complexity index is 848. The Labute approximate surface area is 270 Å². The Morgan fingerprint density at radius 2 is 1.20 bits per heavy atom. The Morgan fingerprint density at radius 3 is 1.85 bits per heavy atom. The molecule has 0 aromatic carbocycles. The van der Waals surface area contributed by atoms with Crippen molar-refractivity contribution in [2.45, 2.75) is 117 Å². The molecule has 16 atom stereocenters. The third-order valence-corrected chi connectivity index (χ3v) is 9.25. The van der Waals surface area contributed by atoms with Gasteiger partial charge in [0, 0.05) is 31.3 Å². The number of hydrogen-bond donors (Lipinski definition) is 11. The van der Waals surface area contributed by atoms with Gasteiger partial charge in [-0.2, -0.15) is 11.8 Å². The number of rotatable bonds is 18. The summed E-state index contributed by atoms with van der Waals surface area (Å²) in [4.78, 5) is 0.